The number of piperidine rings is 1. The zero-order chi connectivity index (χ0) is 14.7. The highest BCUT2D eigenvalue weighted by atomic mass is 16.6. The summed E-state index contributed by atoms with van der Waals surface area (Å²) in [6.45, 7) is 1.59. The summed E-state index contributed by atoms with van der Waals surface area (Å²) >= 11 is 0. The van der Waals surface area contributed by atoms with E-state index in [1.54, 1.807) is 12.1 Å². The van der Waals surface area contributed by atoms with E-state index in [0.717, 1.165) is 25.9 Å². The fourth-order valence-electron chi connectivity index (χ4n) is 2.65. The number of hydrogen-bond donors (Lipinski definition) is 0. The number of rotatable bonds is 4. The number of nitro benzene ring substituents is 1. The second-order valence-corrected chi connectivity index (χ2v) is 5.30. The molecule has 0 N–H and O–H groups in total. The molecule has 1 saturated heterocycles. The molecule has 0 bridgehead atoms. The van der Waals surface area contributed by atoms with Gasteiger partial charge >= 0.3 is 0 Å². The molecule has 1 aromatic rings. The third kappa shape index (κ3) is 2.96. The highest BCUT2D eigenvalue weighted by molar-refractivity contribution is 5.79. The Labute approximate surface area is 118 Å². The van der Waals surface area contributed by atoms with Crippen LogP contribution in [0, 0.1) is 10.1 Å². The summed E-state index contributed by atoms with van der Waals surface area (Å²) < 4.78 is 0. The topological polar surface area (TPSA) is 66.7 Å². The van der Waals surface area contributed by atoms with Crippen molar-refractivity contribution in [1.29, 1.82) is 0 Å². The Morgan fingerprint density at radius 2 is 2.00 bits per heavy atom. The van der Waals surface area contributed by atoms with E-state index >= 15 is 0 Å². The van der Waals surface area contributed by atoms with Crippen LogP contribution in [0.3, 0.4) is 0 Å². The molecule has 6 nitrogen and oxygen atoms in total. The number of anilines is 1. The van der Waals surface area contributed by atoms with Crippen LogP contribution in [0.1, 0.15) is 23.2 Å². The van der Waals surface area contributed by atoms with Crippen molar-refractivity contribution in [2.45, 2.75) is 18.9 Å². The van der Waals surface area contributed by atoms with Crippen molar-refractivity contribution >= 4 is 17.7 Å². The van der Waals surface area contributed by atoms with Crippen molar-refractivity contribution in [3.63, 3.8) is 0 Å². The van der Waals surface area contributed by atoms with Crippen molar-refractivity contribution in [3.8, 4) is 0 Å². The maximum absolute atomic E-state index is 11.2. The van der Waals surface area contributed by atoms with Gasteiger partial charge in [-0.3, -0.25) is 14.9 Å². The minimum atomic E-state index is -0.416. The van der Waals surface area contributed by atoms with E-state index in [0.29, 0.717) is 23.6 Å². The predicted molar refractivity (Wildman–Crippen MR) is 77.4 cm³/mol. The molecule has 0 unspecified atom stereocenters. The minimum absolute atomic E-state index is 0.0119. The van der Waals surface area contributed by atoms with E-state index in [1.807, 2.05) is 4.90 Å². The van der Waals surface area contributed by atoms with Gasteiger partial charge in [-0.25, -0.2) is 0 Å². The van der Waals surface area contributed by atoms with Gasteiger partial charge in [0.2, 0.25) is 0 Å². The van der Waals surface area contributed by atoms with E-state index in [9.17, 15) is 14.9 Å². The summed E-state index contributed by atoms with van der Waals surface area (Å²) in [5.41, 5.74) is 0.958. The largest absolute Gasteiger partial charge is 0.366 e. The number of nitrogens with zero attached hydrogens (tertiary/aromatic N) is 3. The second-order valence-electron chi connectivity index (χ2n) is 5.30. The average Bonchev–Trinajstić information content (AvgIpc) is 2.46. The summed E-state index contributed by atoms with van der Waals surface area (Å²) in [6.07, 6.45) is 2.61. The summed E-state index contributed by atoms with van der Waals surface area (Å²) in [5, 5.41) is 11.2. The Bertz CT molecular complexity index is 508. The van der Waals surface area contributed by atoms with Crippen molar-refractivity contribution in [2.75, 3.05) is 32.1 Å². The van der Waals surface area contributed by atoms with Gasteiger partial charge in [0.05, 0.1) is 4.92 Å². The molecule has 0 radical (unpaired) electrons. The summed E-state index contributed by atoms with van der Waals surface area (Å²) in [5.74, 6) is 0. The van der Waals surface area contributed by atoms with Crippen LogP contribution in [-0.4, -0.2) is 49.3 Å². The van der Waals surface area contributed by atoms with Crippen LogP contribution in [0.5, 0.6) is 0 Å². The van der Waals surface area contributed by atoms with Crippen LogP contribution < -0.4 is 4.90 Å². The summed E-state index contributed by atoms with van der Waals surface area (Å²) in [4.78, 5) is 25.7. The molecular weight excluding hydrogens is 258 g/mol. The van der Waals surface area contributed by atoms with E-state index in [4.69, 9.17) is 0 Å². The molecule has 20 heavy (non-hydrogen) atoms. The molecule has 1 heterocycles. The highest BCUT2D eigenvalue weighted by Gasteiger charge is 2.25. The first kappa shape index (κ1) is 14.5. The lowest BCUT2D eigenvalue weighted by molar-refractivity contribution is -0.384. The standard InChI is InChI=1S/C14H19N3O3/c1-15(2)12-5-7-16(8-6-12)13-4-3-11(10-18)9-14(13)17(19)20/h3-4,9-10,12H,5-8H2,1-2H3. The van der Waals surface area contributed by atoms with Gasteiger partial charge in [0.15, 0.2) is 0 Å². The molecule has 1 aliphatic rings. The third-order valence-corrected chi connectivity index (χ3v) is 3.87. The third-order valence-electron chi connectivity index (χ3n) is 3.87. The Balaban J connectivity index is 2.21. The molecule has 0 aromatic heterocycles. The van der Waals surface area contributed by atoms with Crippen LogP contribution in [0.25, 0.3) is 0 Å². The molecule has 0 amide bonds. The zero-order valence-electron chi connectivity index (χ0n) is 11.8. The molecule has 0 spiro atoms. The fraction of sp³-hybridized carbons (Fsp3) is 0.500. The van der Waals surface area contributed by atoms with Gasteiger partial charge in [0.1, 0.15) is 12.0 Å². The van der Waals surface area contributed by atoms with Gasteiger partial charge in [-0.15, -0.1) is 0 Å². The van der Waals surface area contributed by atoms with Crippen molar-refractivity contribution < 1.29 is 9.72 Å². The van der Waals surface area contributed by atoms with Crippen LogP contribution in [0.15, 0.2) is 18.2 Å². The number of benzene rings is 1. The normalized spacial score (nSPS) is 16.4. The lowest BCUT2D eigenvalue weighted by Crippen LogP contribution is -2.42. The number of aldehydes is 1. The fourth-order valence-corrected chi connectivity index (χ4v) is 2.65. The number of nitro groups is 1. The lowest BCUT2D eigenvalue weighted by Gasteiger charge is -2.36. The second kappa shape index (κ2) is 6.00. The van der Waals surface area contributed by atoms with Crippen LogP contribution in [0.4, 0.5) is 11.4 Å². The van der Waals surface area contributed by atoms with Crippen LogP contribution >= 0.6 is 0 Å². The molecule has 1 aliphatic heterocycles. The molecular formula is C14H19N3O3. The quantitative estimate of drug-likeness (QED) is 0.478. The first-order valence-corrected chi connectivity index (χ1v) is 6.68. The summed E-state index contributed by atoms with van der Waals surface area (Å²) in [7, 11) is 4.11. The van der Waals surface area contributed by atoms with Gasteiger partial charge in [0, 0.05) is 30.8 Å². The molecule has 0 saturated carbocycles. The van der Waals surface area contributed by atoms with E-state index in [-0.39, 0.29) is 5.69 Å². The minimum Gasteiger partial charge on any atom is -0.366 e. The smallest absolute Gasteiger partial charge is 0.293 e. The van der Waals surface area contributed by atoms with Gasteiger partial charge in [-0.1, -0.05) is 0 Å². The van der Waals surface area contributed by atoms with Crippen molar-refractivity contribution in [2.24, 2.45) is 0 Å². The highest BCUT2D eigenvalue weighted by Crippen LogP contribution is 2.31. The number of hydrogen-bond acceptors (Lipinski definition) is 5. The molecule has 1 aromatic carbocycles. The van der Waals surface area contributed by atoms with Crippen LogP contribution in [0.2, 0.25) is 0 Å². The maximum Gasteiger partial charge on any atom is 0.293 e. The van der Waals surface area contributed by atoms with Gasteiger partial charge in [-0.05, 0) is 39.1 Å². The first-order chi connectivity index (χ1) is 9.52. The Kier molecular flexibility index (Phi) is 4.34. The van der Waals surface area contributed by atoms with E-state index in [1.165, 1.54) is 6.07 Å². The van der Waals surface area contributed by atoms with Gasteiger partial charge in [0.25, 0.3) is 5.69 Å². The van der Waals surface area contributed by atoms with Gasteiger partial charge < -0.3 is 9.80 Å². The molecule has 6 heteroatoms. The van der Waals surface area contributed by atoms with Crippen LogP contribution in [-0.2, 0) is 0 Å². The van der Waals surface area contributed by atoms with Crippen molar-refractivity contribution in [1.82, 2.24) is 4.90 Å². The number of carbonyl (C=O) groups is 1. The Morgan fingerprint density at radius 3 is 2.50 bits per heavy atom. The van der Waals surface area contributed by atoms with Gasteiger partial charge in [-0.2, -0.15) is 0 Å². The average molecular weight is 277 g/mol. The van der Waals surface area contributed by atoms with Crippen molar-refractivity contribution in [3.05, 3.63) is 33.9 Å². The summed E-state index contributed by atoms with van der Waals surface area (Å²) in [6, 6.07) is 5.19. The van der Waals surface area contributed by atoms with E-state index < -0.39 is 4.92 Å². The zero-order valence-corrected chi connectivity index (χ0v) is 11.8. The molecule has 1 fully saturated rings. The van der Waals surface area contributed by atoms with E-state index in [2.05, 4.69) is 19.0 Å². The molecule has 108 valence electrons. The maximum atomic E-state index is 11.2. The lowest BCUT2D eigenvalue weighted by atomic mass is 10.0. The SMILES string of the molecule is CN(C)C1CCN(c2ccc(C=O)cc2[N+](=O)[O-])CC1. The Hall–Kier alpha value is -1.95. The Morgan fingerprint density at radius 1 is 1.35 bits per heavy atom. The first-order valence-electron chi connectivity index (χ1n) is 6.68. The number of carbonyl (C=O) groups excluding carboxylic acids is 1. The monoisotopic (exact) mass is 277 g/mol. The molecule has 0 aliphatic carbocycles. The molecule has 2 rings (SSSR count). The molecule has 0 atom stereocenters. The predicted octanol–water partition coefficient (Wildman–Crippen LogP) is 1.94.